The normalized spacial score (nSPS) is 17.6. The quantitative estimate of drug-likeness (QED) is 0.894. The van der Waals surface area contributed by atoms with E-state index in [9.17, 15) is 9.59 Å². The number of piperidine rings is 1. The maximum absolute atomic E-state index is 13.1. The molecule has 1 aromatic carbocycles. The molecule has 0 bridgehead atoms. The highest BCUT2D eigenvalue weighted by molar-refractivity contribution is 5.99. The molecule has 27 heavy (non-hydrogen) atoms. The van der Waals surface area contributed by atoms with Gasteiger partial charge in [-0.05, 0) is 71.2 Å². The van der Waals surface area contributed by atoms with Crippen molar-refractivity contribution < 1.29 is 9.59 Å². The Morgan fingerprint density at radius 2 is 2.00 bits per heavy atom. The smallest absolute Gasteiger partial charge is 0.253 e. The zero-order chi connectivity index (χ0) is 19.7. The molecule has 2 heterocycles. The molecule has 1 aliphatic heterocycles. The standard InChI is InChI=1S/C22H31N3O2/c1-6-25-16(5)15(4)19-12-17(9-10-20(19)25)22(27)24-11-7-8-18(13-24)21(26)23-14(2)3/h9-10,12,14,18H,6-8,11,13H2,1-5H3,(H,23,26). The number of rotatable bonds is 4. The molecule has 0 spiro atoms. The average Bonchev–Trinajstić information content (AvgIpc) is 2.90. The lowest BCUT2D eigenvalue weighted by molar-refractivity contribution is -0.126. The zero-order valence-corrected chi connectivity index (χ0v) is 17.1. The van der Waals surface area contributed by atoms with Gasteiger partial charge in [0.15, 0.2) is 0 Å². The monoisotopic (exact) mass is 369 g/mol. The Morgan fingerprint density at radius 1 is 1.26 bits per heavy atom. The predicted molar refractivity (Wildman–Crippen MR) is 109 cm³/mol. The van der Waals surface area contributed by atoms with Crippen LogP contribution in [0.15, 0.2) is 18.2 Å². The number of likely N-dealkylation sites (tertiary alicyclic amines) is 1. The molecule has 1 saturated heterocycles. The summed E-state index contributed by atoms with van der Waals surface area (Å²) in [4.78, 5) is 27.3. The van der Waals surface area contributed by atoms with Crippen molar-refractivity contribution in [1.82, 2.24) is 14.8 Å². The molecule has 1 fully saturated rings. The lowest BCUT2D eigenvalue weighted by Gasteiger charge is -2.32. The number of fused-ring (bicyclic) bond motifs is 1. The van der Waals surface area contributed by atoms with Gasteiger partial charge in [-0.2, -0.15) is 0 Å². The minimum atomic E-state index is -0.112. The van der Waals surface area contributed by atoms with E-state index in [-0.39, 0.29) is 23.8 Å². The van der Waals surface area contributed by atoms with Crippen molar-refractivity contribution in [2.75, 3.05) is 13.1 Å². The first-order valence-corrected chi connectivity index (χ1v) is 10.0. The number of amides is 2. The van der Waals surface area contributed by atoms with Gasteiger partial charge in [-0.3, -0.25) is 9.59 Å². The molecule has 146 valence electrons. The number of benzene rings is 1. The fraction of sp³-hybridized carbons (Fsp3) is 0.545. The maximum atomic E-state index is 13.1. The number of aromatic nitrogens is 1. The molecule has 0 radical (unpaired) electrons. The Balaban J connectivity index is 1.83. The van der Waals surface area contributed by atoms with Gasteiger partial charge in [-0.1, -0.05) is 0 Å². The van der Waals surface area contributed by atoms with Crippen molar-refractivity contribution >= 4 is 22.7 Å². The molecule has 1 aliphatic rings. The number of nitrogens with one attached hydrogen (secondary N) is 1. The summed E-state index contributed by atoms with van der Waals surface area (Å²) in [5, 5.41) is 4.12. The summed E-state index contributed by atoms with van der Waals surface area (Å²) in [5.41, 5.74) is 4.37. The van der Waals surface area contributed by atoms with Crippen molar-refractivity contribution in [1.29, 1.82) is 0 Å². The van der Waals surface area contributed by atoms with Crippen LogP contribution in [-0.2, 0) is 11.3 Å². The van der Waals surface area contributed by atoms with E-state index in [1.165, 1.54) is 16.8 Å². The molecule has 5 heteroatoms. The Kier molecular flexibility index (Phi) is 5.59. The van der Waals surface area contributed by atoms with E-state index in [1.54, 1.807) is 0 Å². The van der Waals surface area contributed by atoms with E-state index in [1.807, 2.05) is 30.9 Å². The van der Waals surface area contributed by atoms with Crippen molar-refractivity contribution in [3.63, 3.8) is 0 Å². The minimum absolute atomic E-state index is 0.0280. The molecule has 2 amide bonds. The summed E-state index contributed by atoms with van der Waals surface area (Å²) in [7, 11) is 0. The van der Waals surface area contributed by atoms with E-state index in [2.05, 4.69) is 36.7 Å². The molecular formula is C22H31N3O2. The Hall–Kier alpha value is -2.30. The van der Waals surface area contributed by atoms with Crippen molar-refractivity contribution in [2.45, 2.75) is 60.0 Å². The second kappa shape index (κ2) is 7.75. The van der Waals surface area contributed by atoms with Gasteiger partial charge in [-0.25, -0.2) is 0 Å². The fourth-order valence-corrected chi connectivity index (χ4v) is 4.15. The third-order valence-electron chi connectivity index (χ3n) is 5.71. The van der Waals surface area contributed by atoms with E-state index < -0.39 is 0 Å². The van der Waals surface area contributed by atoms with Gasteiger partial charge < -0.3 is 14.8 Å². The molecule has 0 aliphatic carbocycles. The van der Waals surface area contributed by atoms with Crippen LogP contribution in [0.3, 0.4) is 0 Å². The highest BCUT2D eigenvalue weighted by Gasteiger charge is 2.29. The predicted octanol–water partition coefficient (Wildman–Crippen LogP) is 3.65. The van der Waals surface area contributed by atoms with Crippen LogP contribution < -0.4 is 5.32 Å². The first-order valence-electron chi connectivity index (χ1n) is 10.0. The molecule has 5 nitrogen and oxygen atoms in total. The molecule has 2 aromatic rings. The highest BCUT2D eigenvalue weighted by Crippen LogP contribution is 2.27. The molecule has 3 rings (SSSR count). The zero-order valence-electron chi connectivity index (χ0n) is 17.1. The maximum Gasteiger partial charge on any atom is 0.253 e. The number of hydrogen-bond acceptors (Lipinski definition) is 2. The molecular weight excluding hydrogens is 338 g/mol. The van der Waals surface area contributed by atoms with Gasteiger partial charge >= 0.3 is 0 Å². The van der Waals surface area contributed by atoms with Crippen LogP contribution in [0.25, 0.3) is 10.9 Å². The molecule has 1 N–H and O–H groups in total. The summed E-state index contributed by atoms with van der Waals surface area (Å²) in [6, 6.07) is 6.12. The largest absolute Gasteiger partial charge is 0.354 e. The molecule has 1 atom stereocenters. The second-order valence-electron chi connectivity index (χ2n) is 7.94. The van der Waals surface area contributed by atoms with Crippen LogP contribution in [0.4, 0.5) is 0 Å². The summed E-state index contributed by atoms with van der Waals surface area (Å²) in [6.45, 7) is 12.5. The Bertz CT molecular complexity index is 866. The number of hydrogen-bond donors (Lipinski definition) is 1. The second-order valence-corrected chi connectivity index (χ2v) is 7.94. The topological polar surface area (TPSA) is 54.3 Å². The molecule has 1 unspecified atom stereocenters. The van der Waals surface area contributed by atoms with E-state index >= 15 is 0 Å². The summed E-state index contributed by atoms with van der Waals surface area (Å²) in [5.74, 6) is -0.0244. The minimum Gasteiger partial charge on any atom is -0.354 e. The van der Waals surface area contributed by atoms with E-state index in [4.69, 9.17) is 0 Å². The Labute approximate surface area is 161 Å². The average molecular weight is 370 g/mol. The first kappa shape index (κ1) is 19.5. The SMILES string of the molecule is CCn1c(C)c(C)c2cc(C(=O)N3CCCC(C(=O)NC(C)C)C3)ccc21. The highest BCUT2D eigenvalue weighted by atomic mass is 16.2. The summed E-state index contributed by atoms with van der Waals surface area (Å²) < 4.78 is 2.28. The van der Waals surface area contributed by atoms with Gasteiger partial charge in [0.05, 0.1) is 5.92 Å². The number of aryl methyl sites for hydroxylation is 2. The first-order chi connectivity index (χ1) is 12.8. The lowest BCUT2D eigenvalue weighted by Crippen LogP contribution is -2.46. The van der Waals surface area contributed by atoms with Crippen molar-refractivity contribution in [3.8, 4) is 0 Å². The van der Waals surface area contributed by atoms with Crippen LogP contribution >= 0.6 is 0 Å². The van der Waals surface area contributed by atoms with Gasteiger partial charge in [0.25, 0.3) is 5.91 Å². The van der Waals surface area contributed by atoms with Crippen LogP contribution in [0.1, 0.15) is 55.2 Å². The van der Waals surface area contributed by atoms with Crippen LogP contribution in [0.5, 0.6) is 0 Å². The van der Waals surface area contributed by atoms with E-state index in [0.29, 0.717) is 12.1 Å². The summed E-state index contributed by atoms with van der Waals surface area (Å²) >= 11 is 0. The number of carbonyl (C=O) groups excluding carboxylic acids is 2. The number of nitrogens with zero attached hydrogens (tertiary/aromatic N) is 2. The Morgan fingerprint density at radius 3 is 2.67 bits per heavy atom. The molecule has 1 aromatic heterocycles. The summed E-state index contributed by atoms with van der Waals surface area (Å²) in [6.07, 6.45) is 1.72. The van der Waals surface area contributed by atoms with Gasteiger partial charge in [0.1, 0.15) is 0 Å². The van der Waals surface area contributed by atoms with Gasteiger partial charge in [0.2, 0.25) is 5.91 Å². The van der Waals surface area contributed by atoms with Gasteiger partial charge in [0, 0.05) is 47.8 Å². The van der Waals surface area contributed by atoms with Gasteiger partial charge in [-0.15, -0.1) is 0 Å². The lowest BCUT2D eigenvalue weighted by atomic mass is 9.96. The fourth-order valence-electron chi connectivity index (χ4n) is 4.15. The van der Waals surface area contributed by atoms with E-state index in [0.717, 1.165) is 31.3 Å². The third-order valence-corrected chi connectivity index (χ3v) is 5.71. The van der Waals surface area contributed by atoms with Crippen molar-refractivity contribution in [2.24, 2.45) is 5.92 Å². The van der Waals surface area contributed by atoms with Crippen LogP contribution in [-0.4, -0.2) is 40.4 Å². The number of carbonyl (C=O) groups is 2. The van der Waals surface area contributed by atoms with Crippen LogP contribution in [0.2, 0.25) is 0 Å². The third kappa shape index (κ3) is 3.73. The van der Waals surface area contributed by atoms with Crippen LogP contribution in [0, 0.1) is 19.8 Å². The van der Waals surface area contributed by atoms with Crippen molar-refractivity contribution in [3.05, 3.63) is 35.0 Å². The molecule has 0 saturated carbocycles.